The largest absolute Gasteiger partial charge is 0.374 e. The number of nitrogen functional groups attached to an aromatic ring is 1. The Kier molecular flexibility index (Phi) is 2.07. The van der Waals surface area contributed by atoms with E-state index in [1.54, 1.807) is 4.52 Å². The number of rotatable bonds is 1. The van der Waals surface area contributed by atoms with Crippen LogP contribution in [0, 0.1) is 0 Å². The van der Waals surface area contributed by atoms with Crippen molar-refractivity contribution in [3.8, 4) is 11.4 Å². The predicted molar refractivity (Wildman–Crippen MR) is 76.0 cm³/mol. The second-order valence-corrected chi connectivity index (χ2v) is 5.21. The Morgan fingerprint density at radius 1 is 1.00 bits per heavy atom. The summed E-state index contributed by atoms with van der Waals surface area (Å²) in [5, 5.41) is 15.3. The van der Waals surface area contributed by atoms with Gasteiger partial charge in [0.25, 0.3) is 0 Å². The van der Waals surface area contributed by atoms with Crippen LogP contribution in [0.4, 0.5) is 5.13 Å². The normalized spacial score (nSPS) is 11.4. The zero-order valence-electron chi connectivity index (χ0n) is 9.82. The third kappa shape index (κ3) is 1.57. The van der Waals surface area contributed by atoms with Gasteiger partial charge in [0.05, 0.1) is 0 Å². The molecule has 4 aromatic rings. The summed E-state index contributed by atoms with van der Waals surface area (Å²) in [6, 6.07) is 14.4. The van der Waals surface area contributed by atoms with Crippen molar-refractivity contribution < 1.29 is 0 Å². The van der Waals surface area contributed by atoms with Crippen molar-refractivity contribution in [3.63, 3.8) is 0 Å². The molecule has 2 N–H and O–H groups in total. The fourth-order valence-electron chi connectivity index (χ4n) is 2.14. The highest BCUT2D eigenvalue weighted by Gasteiger charge is 2.12. The zero-order chi connectivity index (χ0) is 12.8. The van der Waals surface area contributed by atoms with E-state index < -0.39 is 0 Å². The van der Waals surface area contributed by atoms with Gasteiger partial charge in [0, 0.05) is 5.56 Å². The van der Waals surface area contributed by atoms with Gasteiger partial charge in [-0.15, -0.1) is 15.3 Å². The van der Waals surface area contributed by atoms with Crippen LogP contribution in [-0.2, 0) is 0 Å². The van der Waals surface area contributed by atoms with E-state index in [4.69, 9.17) is 5.73 Å². The Balaban J connectivity index is 1.98. The van der Waals surface area contributed by atoms with Crippen LogP contribution in [-0.4, -0.2) is 19.8 Å². The molecule has 4 rings (SSSR count). The molecule has 0 radical (unpaired) electrons. The minimum Gasteiger partial charge on any atom is -0.374 e. The van der Waals surface area contributed by atoms with Crippen LogP contribution in [0.1, 0.15) is 0 Å². The molecular formula is C13H9N5S. The van der Waals surface area contributed by atoms with Crippen molar-refractivity contribution in [1.29, 1.82) is 0 Å². The molecule has 0 spiro atoms. The molecule has 2 heterocycles. The SMILES string of the molecule is Nc1nn2c(-c3ccc4ccccc4c3)nnc2s1. The predicted octanol–water partition coefficient (Wildman–Crippen LogP) is 2.59. The first kappa shape index (κ1) is 10.5. The molecule has 0 atom stereocenters. The van der Waals surface area contributed by atoms with E-state index in [-0.39, 0.29) is 0 Å². The highest BCUT2D eigenvalue weighted by Crippen LogP contribution is 2.25. The standard InChI is InChI=1S/C13H9N5S/c14-12-17-18-11(15-16-13(18)19-12)10-6-5-8-3-1-2-4-9(8)7-10/h1-7H,(H2,14,17). The van der Waals surface area contributed by atoms with E-state index in [1.165, 1.54) is 22.1 Å². The van der Waals surface area contributed by atoms with Crippen molar-refractivity contribution in [2.24, 2.45) is 0 Å². The fourth-order valence-corrected chi connectivity index (χ4v) is 2.75. The molecule has 0 aliphatic rings. The van der Waals surface area contributed by atoms with Gasteiger partial charge in [-0.1, -0.05) is 47.7 Å². The molecule has 0 saturated heterocycles. The van der Waals surface area contributed by atoms with Crippen LogP contribution in [0.25, 0.3) is 27.1 Å². The lowest BCUT2D eigenvalue weighted by molar-refractivity contribution is 0.973. The maximum absolute atomic E-state index is 5.69. The van der Waals surface area contributed by atoms with Gasteiger partial charge in [-0.3, -0.25) is 0 Å². The van der Waals surface area contributed by atoms with Crippen LogP contribution in [0.2, 0.25) is 0 Å². The maximum atomic E-state index is 5.69. The van der Waals surface area contributed by atoms with Gasteiger partial charge in [-0.2, -0.15) is 4.52 Å². The Hall–Kier alpha value is -2.47. The first-order valence-corrected chi connectivity index (χ1v) is 6.60. The summed E-state index contributed by atoms with van der Waals surface area (Å²) in [6.45, 7) is 0. The van der Waals surface area contributed by atoms with Crippen molar-refractivity contribution in [2.75, 3.05) is 5.73 Å². The summed E-state index contributed by atoms with van der Waals surface area (Å²) in [7, 11) is 0. The van der Waals surface area contributed by atoms with Crippen LogP contribution in [0.15, 0.2) is 42.5 Å². The number of anilines is 1. The van der Waals surface area contributed by atoms with E-state index in [1.807, 2.05) is 18.2 Å². The summed E-state index contributed by atoms with van der Waals surface area (Å²) in [4.78, 5) is 0.709. The Morgan fingerprint density at radius 3 is 2.74 bits per heavy atom. The summed E-state index contributed by atoms with van der Waals surface area (Å²) < 4.78 is 1.68. The van der Waals surface area contributed by atoms with Gasteiger partial charge in [-0.05, 0) is 16.8 Å². The number of hydrogen-bond donors (Lipinski definition) is 1. The first-order valence-electron chi connectivity index (χ1n) is 5.78. The summed E-state index contributed by atoms with van der Waals surface area (Å²) in [6.07, 6.45) is 0. The molecule has 5 nitrogen and oxygen atoms in total. The van der Waals surface area contributed by atoms with Gasteiger partial charge in [-0.25, -0.2) is 0 Å². The van der Waals surface area contributed by atoms with E-state index in [0.717, 1.165) is 5.56 Å². The van der Waals surface area contributed by atoms with Crippen LogP contribution in [0.5, 0.6) is 0 Å². The second kappa shape index (κ2) is 3.76. The molecule has 2 aromatic heterocycles. The third-order valence-corrected chi connectivity index (χ3v) is 3.74. The summed E-state index contributed by atoms with van der Waals surface area (Å²) in [5.74, 6) is 0.716. The van der Waals surface area contributed by atoms with Crippen molar-refractivity contribution in [1.82, 2.24) is 19.8 Å². The van der Waals surface area contributed by atoms with Crippen molar-refractivity contribution in [3.05, 3.63) is 42.5 Å². The van der Waals surface area contributed by atoms with Crippen molar-refractivity contribution in [2.45, 2.75) is 0 Å². The average molecular weight is 267 g/mol. The highest BCUT2D eigenvalue weighted by molar-refractivity contribution is 7.20. The number of aromatic nitrogens is 4. The van der Waals surface area contributed by atoms with E-state index in [9.17, 15) is 0 Å². The Bertz CT molecular complexity index is 892. The van der Waals surface area contributed by atoms with Crippen LogP contribution in [0.3, 0.4) is 0 Å². The van der Waals surface area contributed by atoms with E-state index in [2.05, 4.69) is 39.6 Å². The van der Waals surface area contributed by atoms with Gasteiger partial charge in [0.1, 0.15) is 0 Å². The smallest absolute Gasteiger partial charge is 0.236 e. The lowest BCUT2D eigenvalue weighted by Gasteiger charge is -2.00. The number of nitrogens with zero attached hydrogens (tertiary/aromatic N) is 4. The van der Waals surface area contributed by atoms with E-state index in [0.29, 0.717) is 15.9 Å². The minimum atomic E-state index is 0.493. The molecule has 2 aromatic carbocycles. The Morgan fingerprint density at radius 2 is 1.84 bits per heavy atom. The highest BCUT2D eigenvalue weighted by atomic mass is 32.1. The number of hydrogen-bond acceptors (Lipinski definition) is 5. The maximum Gasteiger partial charge on any atom is 0.236 e. The van der Waals surface area contributed by atoms with Crippen LogP contribution < -0.4 is 5.73 Å². The molecular weight excluding hydrogens is 258 g/mol. The average Bonchev–Trinajstić information content (AvgIpc) is 2.97. The fraction of sp³-hybridized carbons (Fsp3) is 0. The lowest BCUT2D eigenvalue weighted by atomic mass is 10.1. The van der Waals surface area contributed by atoms with Gasteiger partial charge in [0.2, 0.25) is 10.1 Å². The molecule has 0 bridgehead atoms. The number of fused-ring (bicyclic) bond motifs is 2. The third-order valence-electron chi connectivity index (χ3n) is 3.01. The topological polar surface area (TPSA) is 69.1 Å². The Labute approximate surface area is 112 Å². The van der Waals surface area contributed by atoms with Crippen LogP contribution >= 0.6 is 11.3 Å². The zero-order valence-corrected chi connectivity index (χ0v) is 10.6. The molecule has 19 heavy (non-hydrogen) atoms. The lowest BCUT2D eigenvalue weighted by Crippen LogP contribution is -1.92. The van der Waals surface area contributed by atoms with Gasteiger partial charge >= 0.3 is 0 Å². The summed E-state index contributed by atoms with van der Waals surface area (Å²) >= 11 is 1.33. The second-order valence-electron chi connectivity index (χ2n) is 4.22. The molecule has 0 amide bonds. The molecule has 0 unspecified atom stereocenters. The quantitative estimate of drug-likeness (QED) is 0.575. The molecule has 92 valence electrons. The molecule has 0 aliphatic heterocycles. The monoisotopic (exact) mass is 267 g/mol. The molecule has 6 heteroatoms. The number of nitrogens with two attached hydrogens (primary N) is 1. The minimum absolute atomic E-state index is 0.493. The number of benzene rings is 2. The first-order chi connectivity index (χ1) is 9.31. The molecule has 0 fully saturated rings. The molecule has 0 saturated carbocycles. The van der Waals surface area contributed by atoms with E-state index >= 15 is 0 Å². The molecule has 0 aliphatic carbocycles. The summed E-state index contributed by atoms with van der Waals surface area (Å²) in [5.41, 5.74) is 6.67. The van der Waals surface area contributed by atoms with Gasteiger partial charge < -0.3 is 5.73 Å². The van der Waals surface area contributed by atoms with Crippen molar-refractivity contribution >= 4 is 32.2 Å². The van der Waals surface area contributed by atoms with Gasteiger partial charge in [0.15, 0.2) is 5.82 Å².